The average Bonchev–Trinajstić information content (AvgIpc) is 2.92. The molecule has 0 aliphatic carbocycles. The Morgan fingerprint density at radius 2 is 1.55 bits per heavy atom. The van der Waals surface area contributed by atoms with Gasteiger partial charge in [0.2, 0.25) is 11.8 Å². The number of carbonyl (C=O) groups excluding carboxylic acids is 2. The average molecular weight is 586 g/mol. The molecule has 0 unspecified atom stereocenters. The van der Waals surface area contributed by atoms with Crippen LogP contribution in [0.2, 0.25) is 5.02 Å². The van der Waals surface area contributed by atoms with Crippen molar-refractivity contribution in [1.29, 1.82) is 0 Å². The lowest BCUT2D eigenvalue weighted by Gasteiger charge is -2.35. The van der Waals surface area contributed by atoms with Crippen LogP contribution in [0.4, 0.5) is 5.69 Å². The van der Waals surface area contributed by atoms with Crippen LogP contribution >= 0.6 is 11.6 Å². The molecule has 0 aliphatic rings. The highest BCUT2D eigenvalue weighted by atomic mass is 35.5. The van der Waals surface area contributed by atoms with Crippen molar-refractivity contribution in [3.63, 3.8) is 0 Å². The largest absolute Gasteiger partial charge is 0.495 e. The second-order valence-corrected chi connectivity index (χ2v) is 12.6. The molecule has 40 heavy (non-hydrogen) atoms. The highest BCUT2D eigenvalue weighted by molar-refractivity contribution is 7.92. The van der Waals surface area contributed by atoms with E-state index in [1.165, 1.54) is 24.1 Å². The van der Waals surface area contributed by atoms with E-state index in [1.807, 2.05) is 27.7 Å². The lowest BCUT2D eigenvalue weighted by molar-refractivity contribution is -0.141. The number of para-hydroxylation sites is 2. The molecule has 0 saturated carbocycles. The van der Waals surface area contributed by atoms with E-state index in [9.17, 15) is 18.0 Å². The molecule has 214 valence electrons. The van der Waals surface area contributed by atoms with Crippen LogP contribution in [0.15, 0.2) is 83.8 Å². The van der Waals surface area contributed by atoms with Gasteiger partial charge in [-0.3, -0.25) is 13.9 Å². The van der Waals surface area contributed by atoms with Gasteiger partial charge in [0.15, 0.2) is 0 Å². The van der Waals surface area contributed by atoms with E-state index in [-0.39, 0.29) is 28.8 Å². The van der Waals surface area contributed by atoms with Crippen LogP contribution in [-0.4, -0.2) is 50.4 Å². The second-order valence-electron chi connectivity index (χ2n) is 10.3. The normalized spacial score (nSPS) is 12.3. The molecule has 0 bridgehead atoms. The number of sulfonamides is 1. The molecule has 1 atom stereocenters. The molecule has 2 amide bonds. The Morgan fingerprint density at radius 1 is 0.950 bits per heavy atom. The Bertz CT molecular complexity index is 1410. The molecule has 0 saturated heterocycles. The van der Waals surface area contributed by atoms with Crippen molar-refractivity contribution in [3.05, 3.63) is 89.4 Å². The van der Waals surface area contributed by atoms with E-state index in [1.54, 1.807) is 66.7 Å². The summed E-state index contributed by atoms with van der Waals surface area (Å²) in [7, 11) is -2.75. The van der Waals surface area contributed by atoms with Crippen LogP contribution < -0.4 is 14.4 Å². The third-order valence-electron chi connectivity index (χ3n) is 6.11. The molecule has 3 aromatic rings. The highest BCUT2D eigenvalue weighted by Crippen LogP contribution is 2.32. The van der Waals surface area contributed by atoms with Gasteiger partial charge >= 0.3 is 0 Å². The summed E-state index contributed by atoms with van der Waals surface area (Å²) in [4.78, 5) is 28.9. The maximum absolute atomic E-state index is 14.1. The molecule has 0 spiro atoms. The number of nitrogens with zero attached hydrogens (tertiary/aromatic N) is 2. The molecule has 0 aliphatic heterocycles. The molecule has 1 N–H and O–H groups in total. The van der Waals surface area contributed by atoms with E-state index in [0.717, 1.165) is 9.87 Å². The number of carbonyl (C=O) groups is 2. The van der Waals surface area contributed by atoms with Crippen molar-refractivity contribution >= 4 is 39.1 Å². The molecule has 8 nitrogen and oxygen atoms in total. The quantitative estimate of drug-likeness (QED) is 0.331. The first kappa shape index (κ1) is 31.0. The maximum atomic E-state index is 14.1. The molecular weight excluding hydrogens is 550 g/mol. The number of nitrogens with one attached hydrogen (secondary N) is 1. The van der Waals surface area contributed by atoms with Crippen molar-refractivity contribution in [2.75, 3.05) is 18.0 Å². The zero-order chi connectivity index (χ0) is 29.5. The van der Waals surface area contributed by atoms with Crippen LogP contribution in [0.5, 0.6) is 5.75 Å². The fraction of sp³-hybridized carbons (Fsp3) is 0.333. The monoisotopic (exact) mass is 585 g/mol. The zero-order valence-electron chi connectivity index (χ0n) is 23.4. The van der Waals surface area contributed by atoms with Crippen molar-refractivity contribution in [2.24, 2.45) is 0 Å². The van der Waals surface area contributed by atoms with Crippen LogP contribution in [0.1, 0.15) is 39.7 Å². The van der Waals surface area contributed by atoms with Crippen LogP contribution in [-0.2, 0) is 26.2 Å². The molecule has 3 rings (SSSR count). The minimum atomic E-state index is -4.19. The number of halogens is 1. The Morgan fingerprint density at radius 3 is 2.12 bits per heavy atom. The Kier molecular flexibility index (Phi) is 10.2. The van der Waals surface area contributed by atoms with E-state index < -0.39 is 34.1 Å². The van der Waals surface area contributed by atoms with Gasteiger partial charge in [-0.15, -0.1) is 0 Å². The van der Waals surface area contributed by atoms with Gasteiger partial charge in [-0.05, 0) is 69.2 Å². The smallest absolute Gasteiger partial charge is 0.264 e. The number of amides is 2. The summed E-state index contributed by atoms with van der Waals surface area (Å²) in [5, 5.41) is 3.49. The number of ether oxygens (including phenoxy) is 1. The summed E-state index contributed by atoms with van der Waals surface area (Å²) in [6.07, 6.45) is 0.321. The van der Waals surface area contributed by atoms with E-state index >= 15 is 0 Å². The molecule has 0 aromatic heterocycles. The molecule has 0 radical (unpaired) electrons. The predicted molar refractivity (Wildman–Crippen MR) is 158 cm³/mol. The van der Waals surface area contributed by atoms with Crippen LogP contribution in [0, 0.1) is 0 Å². The topological polar surface area (TPSA) is 96.0 Å². The third-order valence-corrected chi connectivity index (χ3v) is 8.14. The second kappa shape index (κ2) is 13.2. The fourth-order valence-electron chi connectivity index (χ4n) is 4.23. The summed E-state index contributed by atoms with van der Waals surface area (Å²) in [6, 6.07) is 20.6. The number of anilines is 1. The van der Waals surface area contributed by atoms with Gasteiger partial charge in [-0.25, -0.2) is 8.42 Å². The predicted octanol–water partition coefficient (Wildman–Crippen LogP) is 5.27. The van der Waals surface area contributed by atoms with Crippen LogP contribution in [0.25, 0.3) is 0 Å². The lowest BCUT2D eigenvalue weighted by Crippen LogP contribution is -2.55. The van der Waals surface area contributed by atoms with Gasteiger partial charge in [0.1, 0.15) is 18.3 Å². The Hall–Kier alpha value is -3.56. The van der Waals surface area contributed by atoms with Crippen LogP contribution in [0.3, 0.4) is 0 Å². The summed E-state index contributed by atoms with van der Waals surface area (Å²) >= 11 is 6.07. The minimum Gasteiger partial charge on any atom is -0.495 e. The molecule has 10 heteroatoms. The Balaban J connectivity index is 2.09. The van der Waals surface area contributed by atoms with Crippen molar-refractivity contribution in [2.45, 2.75) is 57.1 Å². The van der Waals surface area contributed by atoms with Gasteiger partial charge in [-0.2, -0.15) is 0 Å². The summed E-state index contributed by atoms with van der Waals surface area (Å²) in [5.41, 5.74) is 0.426. The summed E-state index contributed by atoms with van der Waals surface area (Å²) < 4.78 is 34.3. The van der Waals surface area contributed by atoms with Gasteiger partial charge in [0.05, 0.1) is 17.7 Å². The number of benzene rings is 3. The number of methoxy groups -OCH3 is 1. The molecule has 3 aromatic carbocycles. The molecule has 0 heterocycles. The number of rotatable bonds is 11. The zero-order valence-corrected chi connectivity index (χ0v) is 25.0. The summed E-state index contributed by atoms with van der Waals surface area (Å²) in [6.45, 7) is 6.92. The first-order valence-electron chi connectivity index (χ1n) is 12.9. The Labute approximate surface area is 241 Å². The van der Waals surface area contributed by atoms with Gasteiger partial charge in [0, 0.05) is 17.1 Å². The lowest BCUT2D eigenvalue weighted by atomic mass is 10.1. The van der Waals surface area contributed by atoms with E-state index in [2.05, 4.69) is 5.32 Å². The number of hydrogen-bond donors (Lipinski definition) is 1. The minimum absolute atomic E-state index is 0.0236. The molecule has 0 fully saturated rings. The van der Waals surface area contributed by atoms with Crippen molar-refractivity contribution in [1.82, 2.24) is 10.2 Å². The van der Waals surface area contributed by atoms with Crippen molar-refractivity contribution < 1.29 is 22.7 Å². The number of hydrogen-bond acceptors (Lipinski definition) is 5. The van der Waals surface area contributed by atoms with Gasteiger partial charge in [0.25, 0.3) is 10.0 Å². The summed E-state index contributed by atoms with van der Waals surface area (Å²) in [5.74, 6) is -0.583. The van der Waals surface area contributed by atoms with E-state index in [4.69, 9.17) is 16.3 Å². The van der Waals surface area contributed by atoms with Gasteiger partial charge in [-0.1, -0.05) is 61.0 Å². The first-order chi connectivity index (χ1) is 18.9. The SMILES string of the molecule is CC[C@@H](C(=O)NC(C)(C)C)N(Cc1ccc(Cl)cc1)C(=O)CN(c1ccccc1OC)S(=O)(=O)c1ccccc1. The van der Waals surface area contributed by atoms with Gasteiger partial charge < -0.3 is 15.0 Å². The van der Waals surface area contributed by atoms with Crippen molar-refractivity contribution in [3.8, 4) is 5.75 Å². The fourth-order valence-corrected chi connectivity index (χ4v) is 5.80. The first-order valence-corrected chi connectivity index (χ1v) is 14.8. The standard InChI is InChI=1S/C30H36ClN3O5S/c1-6-25(29(36)32-30(2,3)4)33(20-22-16-18-23(31)19-17-22)28(35)21-34(26-14-10-11-15-27(26)39-5)40(37,38)24-12-8-7-9-13-24/h7-19,25H,6,20-21H2,1-5H3,(H,32,36)/t25-/m0/s1. The third kappa shape index (κ3) is 7.76. The molecular formula is C30H36ClN3O5S. The maximum Gasteiger partial charge on any atom is 0.264 e. The van der Waals surface area contributed by atoms with E-state index in [0.29, 0.717) is 11.4 Å². The highest BCUT2D eigenvalue weighted by Gasteiger charge is 2.35.